The molecule has 0 bridgehead atoms. The van der Waals surface area contributed by atoms with E-state index in [1.54, 1.807) is 7.11 Å². The summed E-state index contributed by atoms with van der Waals surface area (Å²) in [5, 5.41) is 13.5. The molecule has 0 radical (unpaired) electrons. The van der Waals surface area contributed by atoms with Crippen LogP contribution in [0.3, 0.4) is 0 Å². The number of nitrogens with one attached hydrogen (secondary N) is 1. The van der Waals surface area contributed by atoms with Crippen molar-refractivity contribution in [3.8, 4) is 11.5 Å². The zero-order valence-electron chi connectivity index (χ0n) is 14.4. The van der Waals surface area contributed by atoms with Gasteiger partial charge in [0, 0.05) is 45.4 Å². The molecule has 2 fully saturated rings. The number of phenols is 1. The summed E-state index contributed by atoms with van der Waals surface area (Å²) in [5.41, 5.74) is 1.21. The molecule has 0 spiro atoms. The molecule has 144 valence electrons. The summed E-state index contributed by atoms with van der Waals surface area (Å²) in [6, 6.07) is 4.37. The van der Waals surface area contributed by atoms with Gasteiger partial charge in [0.2, 0.25) is 0 Å². The average Bonchev–Trinajstić information content (AvgIpc) is 2.60. The van der Waals surface area contributed by atoms with Gasteiger partial charge in [-0.1, -0.05) is 0 Å². The van der Waals surface area contributed by atoms with Gasteiger partial charge < -0.3 is 19.9 Å². The molecule has 0 amide bonds. The smallest absolute Gasteiger partial charge is 0.172 e. The van der Waals surface area contributed by atoms with E-state index in [0.717, 1.165) is 52.2 Å². The Balaban J connectivity index is 0.00000156. The highest BCUT2D eigenvalue weighted by Crippen LogP contribution is 2.42. The third-order valence-electron chi connectivity index (χ3n) is 4.87. The number of nitrogens with zero attached hydrogens (tertiary/aromatic N) is 1. The van der Waals surface area contributed by atoms with Gasteiger partial charge in [0.1, 0.15) is 0 Å². The molecule has 1 aromatic rings. The van der Waals surface area contributed by atoms with E-state index in [1.807, 2.05) is 12.1 Å². The first-order chi connectivity index (χ1) is 11.2. The van der Waals surface area contributed by atoms with Crippen LogP contribution in [0.15, 0.2) is 16.6 Å². The van der Waals surface area contributed by atoms with Gasteiger partial charge in [-0.15, -0.1) is 24.8 Å². The highest BCUT2D eigenvalue weighted by atomic mass is 79.9. The summed E-state index contributed by atoms with van der Waals surface area (Å²) >= 11 is 3.47. The van der Waals surface area contributed by atoms with Crippen LogP contribution in [-0.4, -0.2) is 56.5 Å². The van der Waals surface area contributed by atoms with Crippen molar-refractivity contribution < 1.29 is 14.6 Å². The lowest BCUT2D eigenvalue weighted by Crippen LogP contribution is -2.47. The van der Waals surface area contributed by atoms with E-state index in [4.69, 9.17) is 9.47 Å². The third-order valence-corrected chi connectivity index (χ3v) is 5.47. The van der Waals surface area contributed by atoms with Gasteiger partial charge in [-0.3, -0.25) is 4.90 Å². The molecule has 2 saturated heterocycles. The fraction of sp³-hybridized carbons (Fsp3) is 0.647. The Morgan fingerprint density at radius 2 is 1.88 bits per heavy atom. The van der Waals surface area contributed by atoms with Crippen LogP contribution in [0, 0.1) is 5.92 Å². The predicted octanol–water partition coefficient (Wildman–Crippen LogP) is 3.38. The minimum absolute atomic E-state index is 0. The SMILES string of the molecule is COc1cc([C@@H](C2CCOCC2)N2CCNCC2)cc(Br)c1O.Cl.Cl. The fourth-order valence-electron chi connectivity index (χ4n) is 3.69. The van der Waals surface area contributed by atoms with E-state index in [9.17, 15) is 5.11 Å². The van der Waals surface area contributed by atoms with Crippen LogP contribution in [0.2, 0.25) is 0 Å². The number of hydrogen-bond acceptors (Lipinski definition) is 5. The Bertz CT molecular complexity index is 521. The second-order valence-corrected chi connectivity index (χ2v) is 7.09. The molecule has 1 aromatic carbocycles. The molecular formula is C17H27BrCl2N2O3. The number of methoxy groups -OCH3 is 1. The molecule has 2 aliphatic heterocycles. The van der Waals surface area contributed by atoms with Crippen LogP contribution in [0.1, 0.15) is 24.4 Å². The number of piperazine rings is 1. The van der Waals surface area contributed by atoms with Crippen molar-refractivity contribution in [2.75, 3.05) is 46.5 Å². The van der Waals surface area contributed by atoms with Gasteiger partial charge in [-0.05, 0) is 52.4 Å². The molecule has 0 saturated carbocycles. The second kappa shape index (κ2) is 10.8. The Morgan fingerprint density at radius 3 is 2.48 bits per heavy atom. The van der Waals surface area contributed by atoms with E-state index < -0.39 is 0 Å². The Morgan fingerprint density at radius 1 is 1.24 bits per heavy atom. The van der Waals surface area contributed by atoms with Crippen molar-refractivity contribution in [2.24, 2.45) is 5.92 Å². The maximum atomic E-state index is 10.1. The summed E-state index contributed by atoms with van der Waals surface area (Å²) < 4.78 is 11.6. The Hall–Kier alpha value is -0.240. The Kier molecular flexibility index (Phi) is 9.85. The van der Waals surface area contributed by atoms with Gasteiger partial charge in [-0.25, -0.2) is 0 Å². The fourth-order valence-corrected chi connectivity index (χ4v) is 4.15. The van der Waals surface area contributed by atoms with Crippen molar-refractivity contribution in [1.29, 1.82) is 0 Å². The van der Waals surface area contributed by atoms with Crippen LogP contribution < -0.4 is 10.1 Å². The van der Waals surface area contributed by atoms with E-state index in [2.05, 4.69) is 26.1 Å². The molecule has 2 N–H and O–H groups in total. The largest absolute Gasteiger partial charge is 0.503 e. The zero-order valence-corrected chi connectivity index (χ0v) is 17.6. The van der Waals surface area contributed by atoms with Crippen LogP contribution in [0.25, 0.3) is 0 Å². The molecule has 5 nitrogen and oxygen atoms in total. The number of phenolic OH excluding ortho intramolecular Hbond substituents is 1. The third kappa shape index (κ3) is 5.37. The Labute approximate surface area is 170 Å². The summed E-state index contributed by atoms with van der Waals surface area (Å²) in [6.45, 7) is 5.81. The van der Waals surface area contributed by atoms with E-state index in [0.29, 0.717) is 22.2 Å². The number of ether oxygens (including phenoxy) is 2. The second-order valence-electron chi connectivity index (χ2n) is 6.23. The molecule has 8 heteroatoms. The standard InChI is InChI=1S/C17H25BrN2O3.2ClH/c1-22-15-11-13(10-14(18)17(15)21)16(12-2-8-23-9-3-12)20-6-4-19-5-7-20;;/h10-12,16,19,21H,2-9H2,1H3;2*1H/t16-;;/m1../s1. The lowest BCUT2D eigenvalue weighted by Gasteiger charge is -2.41. The zero-order chi connectivity index (χ0) is 16.2. The number of benzene rings is 1. The minimum atomic E-state index is 0. The topological polar surface area (TPSA) is 54.0 Å². The molecule has 0 aromatic heterocycles. The van der Waals surface area contributed by atoms with Gasteiger partial charge in [-0.2, -0.15) is 0 Å². The van der Waals surface area contributed by atoms with E-state index >= 15 is 0 Å². The lowest BCUT2D eigenvalue weighted by atomic mass is 9.85. The number of hydrogen-bond donors (Lipinski definition) is 2. The van der Waals surface area contributed by atoms with Crippen molar-refractivity contribution >= 4 is 40.7 Å². The number of rotatable bonds is 4. The van der Waals surface area contributed by atoms with Crippen LogP contribution in [0.5, 0.6) is 11.5 Å². The lowest BCUT2D eigenvalue weighted by molar-refractivity contribution is 0.0212. The molecule has 1 atom stereocenters. The van der Waals surface area contributed by atoms with E-state index in [1.165, 1.54) is 5.56 Å². The molecular weight excluding hydrogens is 431 g/mol. The molecule has 3 rings (SSSR count). The van der Waals surface area contributed by atoms with Gasteiger partial charge in [0.15, 0.2) is 11.5 Å². The normalized spacial score (nSPS) is 20.2. The van der Waals surface area contributed by atoms with E-state index in [-0.39, 0.29) is 30.6 Å². The highest BCUT2D eigenvalue weighted by Gasteiger charge is 2.32. The van der Waals surface area contributed by atoms with Crippen molar-refractivity contribution in [3.63, 3.8) is 0 Å². The van der Waals surface area contributed by atoms with Crippen LogP contribution in [-0.2, 0) is 4.74 Å². The van der Waals surface area contributed by atoms with Crippen molar-refractivity contribution in [1.82, 2.24) is 10.2 Å². The maximum Gasteiger partial charge on any atom is 0.172 e. The first kappa shape index (κ1) is 22.8. The monoisotopic (exact) mass is 456 g/mol. The average molecular weight is 458 g/mol. The number of halogens is 3. The summed E-state index contributed by atoms with van der Waals surface area (Å²) in [6.07, 6.45) is 2.16. The maximum absolute atomic E-state index is 10.1. The van der Waals surface area contributed by atoms with Gasteiger partial charge >= 0.3 is 0 Å². The number of aromatic hydroxyl groups is 1. The van der Waals surface area contributed by atoms with Gasteiger partial charge in [0.25, 0.3) is 0 Å². The first-order valence-corrected chi connectivity index (χ1v) is 9.09. The molecule has 2 aliphatic rings. The first-order valence-electron chi connectivity index (χ1n) is 8.29. The summed E-state index contributed by atoms with van der Waals surface area (Å²) in [7, 11) is 1.60. The molecule has 0 aliphatic carbocycles. The van der Waals surface area contributed by atoms with Crippen molar-refractivity contribution in [2.45, 2.75) is 18.9 Å². The minimum Gasteiger partial charge on any atom is -0.503 e. The quantitative estimate of drug-likeness (QED) is 0.725. The summed E-state index contributed by atoms with van der Waals surface area (Å²) in [4.78, 5) is 2.56. The predicted molar refractivity (Wildman–Crippen MR) is 108 cm³/mol. The highest BCUT2D eigenvalue weighted by molar-refractivity contribution is 9.10. The van der Waals surface area contributed by atoms with Gasteiger partial charge in [0.05, 0.1) is 11.6 Å². The molecule has 0 unspecified atom stereocenters. The molecule has 25 heavy (non-hydrogen) atoms. The van der Waals surface area contributed by atoms with Crippen molar-refractivity contribution in [3.05, 3.63) is 22.2 Å². The molecule has 2 heterocycles. The van der Waals surface area contributed by atoms with Crippen LogP contribution >= 0.6 is 40.7 Å². The summed E-state index contributed by atoms with van der Waals surface area (Å²) in [5.74, 6) is 1.27. The van der Waals surface area contributed by atoms with Crippen LogP contribution in [0.4, 0.5) is 0 Å².